The van der Waals surface area contributed by atoms with Gasteiger partial charge in [0.1, 0.15) is 18.0 Å². The lowest BCUT2D eigenvalue weighted by Crippen LogP contribution is -2.29. The highest BCUT2D eigenvalue weighted by molar-refractivity contribution is 6.10. The molecule has 5 rings (SSSR count). The third-order valence-corrected chi connectivity index (χ3v) is 6.08. The zero-order valence-corrected chi connectivity index (χ0v) is 19.9. The third kappa shape index (κ3) is 3.92. The third-order valence-electron chi connectivity index (χ3n) is 6.08. The van der Waals surface area contributed by atoms with E-state index in [4.69, 9.17) is 13.9 Å². The molecular weight excluding hydrogens is 461 g/mol. The van der Waals surface area contributed by atoms with Gasteiger partial charge >= 0.3 is 0 Å². The highest BCUT2D eigenvalue weighted by atomic mass is 19.1. The van der Waals surface area contributed by atoms with Crippen molar-refractivity contribution in [3.63, 3.8) is 0 Å². The SMILES string of the molecule is C=CCOc1ccc(C2c3c(oc4ccc(F)cc4c3=O)C(=O)N2c2ccc(C)cc2)cc1OCC. The van der Waals surface area contributed by atoms with Crippen LogP contribution < -0.4 is 19.8 Å². The lowest BCUT2D eigenvalue weighted by molar-refractivity contribution is 0.0971. The van der Waals surface area contributed by atoms with E-state index in [2.05, 4.69) is 6.58 Å². The Labute approximate surface area is 207 Å². The molecule has 0 fully saturated rings. The molecule has 0 N–H and O–H groups in total. The molecular formula is C29H24FNO5. The highest BCUT2D eigenvalue weighted by Gasteiger charge is 2.44. The minimum atomic E-state index is -0.813. The van der Waals surface area contributed by atoms with Gasteiger partial charge in [-0.3, -0.25) is 14.5 Å². The predicted octanol–water partition coefficient (Wildman–Crippen LogP) is 5.95. The van der Waals surface area contributed by atoms with Crippen LogP contribution in [0.1, 0.15) is 40.2 Å². The number of benzene rings is 3. The number of amides is 1. The topological polar surface area (TPSA) is 69.0 Å². The average Bonchev–Trinajstić information content (AvgIpc) is 3.17. The number of ether oxygens (including phenoxy) is 2. The van der Waals surface area contributed by atoms with Gasteiger partial charge in [0.05, 0.1) is 23.6 Å². The Kier molecular flexibility index (Phi) is 6.06. The van der Waals surface area contributed by atoms with Gasteiger partial charge < -0.3 is 13.9 Å². The highest BCUT2D eigenvalue weighted by Crippen LogP contribution is 2.43. The summed E-state index contributed by atoms with van der Waals surface area (Å²) < 4.78 is 31.5. The van der Waals surface area contributed by atoms with E-state index < -0.39 is 23.2 Å². The molecule has 1 amide bonds. The van der Waals surface area contributed by atoms with Gasteiger partial charge in [0.15, 0.2) is 16.9 Å². The fourth-order valence-electron chi connectivity index (χ4n) is 4.46. The van der Waals surface area contributed by atoms with E-state index in [0.29, 0.717) is 36.0 Å². The van der Waals surface area contributed by atoms with E-state index in [1.54, 1.807) is 24.3 Å². The normalized spacial score (nSPS) is 14.7. The van der Waals surface area contributed by atoms with Crippen molar-refractivity contribution in [3.8, 4) is 11.5 Å². The van der Waals surface area contributed by atoms with Crippen LogP contribution in [0.3, 0.4) is 0 Å². The maximum absolute atomic E-state index is 14.0. The van der Waals surface area contributed by atoms with Crippen LogP contribution in [-0.4, -0.2) is 19.1 Å². The van der Waals surface area contributed by atoms with E-state index in [-0.39, 0.29) is 22.3 Å². The van der Waals surface area contributed by atoms with Crippen molar-refractivity contribution in [1.82, 2.24) is 0 Å². The van der Waals surface area contributed by atoms with E-state index in [1.165, 1.54) is 17.0 Å². The fraction of sp³-hybridized carbons (Fsp3) is 0.172. The minimum Gasteiger partial charge on any atom is -0.490 e. The number of fused-ring (bicyclic) bond motifs is 2. The summed E-state index contributed by atoms with van der Waals surface area (Å²) >= 11 is 0. The van der Waals surface area contributed by atoms with E-state index in [0.717, 1.165) is 11.6 Å². The molecule has 1 unspecified atom stereocenters. The lowest BCUT2D eigenvalue weighted by Gasteiger charge is -2.26. The van der Waals surface area contributed by atoms with Gasteiger partial charge in [-0.15, -0.1) is 0 Å². The Morgan fingerprint density at radius 3 is 2.53 bits per heavy atom. The lowest BCUT2D eigenvalue weighted by atomic mass is 9.97. The molecule has 0 spiro atoms. The van der Waals surface area contributed by atoms with Crippen LogP contribution in [0.15, 0.2) is 82.5 Å². The summed E-state index contributed by atoms with van der Waals surface area (Å²) in [4.78, 5) is 28.9. The molecule has 1 aliphatic rings. The van der Waals surface area contributed by atoms with Crippen molar-refractivity contribution in [3.05, 3.63) is 112 Å². The molecule has 0 radical (unpaired) electrons. The van der Waals surface area contributed by atoms with Crippen molar-refractivity contribution >= 4 is 22.6 Å². The molecule has 0 saturated heterocycles. The van der Waals surface area contributed by atoms with Crippen LogP contribution in [0.5, 0.6) is 11.5 Å². The number of anilines is 1. The first kappa shape index (κ1) is 23.4. The Balaban J connectivity index is 1.75. The van der Waals surface area contributed by atoms with E-state index >= 15 is 0 Å². The monoisotopic (exact) mass is 485 g/mol. The summed E-state index contributed by atoms with van der Waals surface area (Å²) in [5.74, 6) is -0.0903. The van der Waals surface area contributed by atoms with Crippen LogP contribution in [0.4, 0.5) is 10.1 Å². The van der Waals surface area contributed by atoms with E-state index in [1.807, 2.05) is 38.1 Å². The van der Waals surface area contributed by atoms with Crippen molar-refractivity contribution in [1.29, 1.82) is 0 Å². The van der Waals surface area contributed by atoms with Gasteiger partial charge in [-0.2, -0.15) is 0 Å². The van der Waals surface area contributed by atoms with Gasteiger partial charge in [-0.25, -0.2) is 4.39 Å². The van der Waals surface area contributed by atoms with Crippen molar-refractivity contribution in [2.24, 2.45) is 0 Å². The molecule has 6 nitrogen and oxygen atoms in total. The molecule has 182 valence electrons. The summed E-state index contributed by atoms with van der Waals surface area (Å²) in [6, 6.07) is 15.6. The number of hydrogen-bond acceptors (Lipinski definition) is 5. The molecule has 1 atom stereocenters. The smallest absolute Gasteiger partial charge is 0.295 e. The van der Waals surface area contributed by atoms with Crippen molar-refractivity contribution in [2.45, 2.75) is 19.9 Å². The summed E-state index contributed by atoms with van der Waals surface area (Å²) in [6.45, 7) is 8.16. The molecule has 0 aliphatic carbocycles. The first-order valence-electron chi connectivity index (χ1n) is 11.6. The second-order valence-electron chi connectivity index (χ2n) is 8.47. The van der Waals surface area contributed by atoms with Crippen LogP contribution in [-0.2, 0) is 0 Å². The van der Waals surface area contributed by atoms with Gasteiger partial charge in [0.2, 0.25) is 5.76 Å². The summed E-state index contributed by atoms with van der Waals surface area (Å²) in [5.41, 5.74) is 2.10. The number of nitrogens with zero attached hydrogens (tertiary/aromatic N) is 1. The molecule has 36 heavy (non-hydrogen) atoms. The first-order chi connectivity index (χ1) is 17.4. The Bertz CT molecular complexity index is 1540. The Morgan fingerprint density at radius 2 is 1.81 bits per heavy atom. The van der Waals surface area contributed by atoms with Crippen LogP contribution in [0.25, 0.3) is 11.0 Å². The Hall–Kier alpha value is -4.39. The standard InChI is InChI=1S/C29H24FNO5/c1-4-14-35-23-12-8-18(15-24(23)34-5-2)26-25-27(32)21-16-19(30)9-13-22(21)36-28(25)29(33)31(26)20-10-6-17(3)7-11-20/h4,6-13,15-16,26H,1,5,14H2,2-3H3. The quantitative estimate of drug-likeness (QED) is 0.303. The molecule has 7 heteroatoms. The van der Waals surface area contributed by atoms with Gasteiger partial charge in [0, 0.05) is 5.69 Å². The summed E-state index contributed by atoms with van der Waals surface area (Å²) in [6.07, 6.45) is 1.63. The molecule has 0 bridgehead atoms. The van der Waals surface area contributed by atoms with Gasteiger partial charge in [-0.05, 0) is 61.9 Å². The van der Waals surface area contributed by atoms with Gasteiger partial charge in [0.25, 0.3) is 5.91 Å². The van der Waals surface area contributed by atoms with E-state index in [9.17, 15) is 14.0 Å². The fourth-order valence-corrected chi connectivity index (χ4v) is 4.46. The predicted molar refractivity (Wildman–Crippen MR) is 136 cm³/mol. The van der Waals surface area contributed by atoms with Gasteiger partial charge in [-0.1, -0.05) is 36.4 Å². The maximum atomic E-state index is 14.0. The zero-order valence-electron chi connectivity index (χ0n) is 19.9. The summed E-state index contributed by atoms with van der Waals surface area (Å²) in [7, 11) is 0. The molecule has 4 aromatic rings. The number of halogens is 1. The number of rotatable bonds is 7. The molecule has 1 aliphatic heterocycles. The first-order valence-corrected chi connectivity index (χ1v) is 11.6. The second-order valence-corrected chi connectivity index (χ2v) is 8.47. The maximum Gasteiger partial charge on any atom is 0.295 e. The second kappa shape index (κ2) is 9.34. The van der Waals surface area contributed by atoms with Crippen molar-refractivity contribution in [2.75, 3.05) is 18.1 Å². The molecule has 2 heterocycles. The average molecular weight is 486 g/mol. The Morgan fingerprint density at radius 1 is 1.03 bits per heavy atom. The molecule has 3 aromatic carbocycles. The minimum absolute atomic E-state index is 0.0605. The molecule has 1 aromatic heterocycles. The van der Waals surface area contributed by atoms with Crippen molar-refractivity contribution < 1.29 is 23.1 Å². The summed E-state index contributed by atoms with van der Waals surface area (Å²) in [5, 5.41) is 0.0771. The molecule has 0 saturated carbocycles. The van der Waals surface area contributed by atoms with Crippen LogP contribution >= 0.6 is 0 Å². The number of carbonyl (C=O) groups is 1. The largest absolute Gasteiger partial charge is 0.490 e. The number of aryl methyl sites for hydroxylation is 1. The van der Waals surface area contributed by atoms with Crippen LogP contribution in [0.2, 0.25) is 0 Å². The number of hydrogen-bond donors (Lipinski definition) is 0. The number of carbonyl (C=O) groups excluding carboxylic acids is 1. The zero-order chi connectivity index (χ0) is 25.4. The van der Waals surface area contributed by atoms with Crippen LogP contribution in [0, 0.1) is 12.7 Å².